The largest absolute Gasteiger partial charge is 0.495 e. The van der Waals surface area contributed by atoms with Gasteiger partial charge in [0.25, 0.3) is 0 Å². The van der Waals surface area contributed by atoms with Gasteiger partial charge in [0.05, 0.1) is 17.7 Å². The average Bonchev–Trinajstić information content (AvgIpc) is 3.36. The number of anilines is 1. The fourth-order valence-electron chi connectivity index (χ4n) is 3.54. The Kier molecular flexibility index (Phi) is 5.81. The van der Waals surface area contributed by atoms with Crippen molar-refractivity contribution in [2.24, 2.45) is 0 Å². The van der Waals surface area contributed by atoms with E-state index in [1.54, 1.807) is 6.20 Å². The van der Waals surface area contributed by atoms with Gasteiger partial charge in [-0.3, -0.25) is 9.59 Å². The van der Waals surface area contributed by atoms with Crippen molar-refractivity contribution >= 4 is 27.5 Å². The third kappa shape index (κ3) is 4.14. The molecule has 0 radical (unpaired) electrons. The van der Waals surface area contributed by atoms with Crippen molar-refractivity contribution in [2.75, 3.05) is 12.0 Å². The Morgan fingerprint density at radius 1 is 1.06 bits per heavy atom. The van der Waals surface area contributed by atoms with Crippen LogP contribution in [0.2, 0.25) is 0 Å². The van der Waals surface area contributed by atoms with Crippen LogP contribution in [-0.2, 0) is 26.2 Å². The second kappa shape index (κ2) is 8.56. The summed E-state index contributed by atoms with van der Waals surface area (Å²) < 4.78 is 35.5. The molecular weight excluding hydrogens is 432 g/mol. The van der Waals surface area contributed by atoms with Gasteiger partial charge in [-0.15, -0.1) is 0 Å². The lowest BCUT2D eigenvalue weighted by atomic mass is 10.2. The number of ether oxygens (including phenoxy) is 1. The summed E-state index contributed by atoms with van der Waals surface area (Å²) in [6.07, 6.45) is 3.74. The molecule has 2 amide bonds. The maximum absolute atomic E-state index is 12.9. The highest BCUT2D eigenvalue weighted by Gasteiger charge is 2.33. The van der Waals surface area contributed by atoms with Crippen LogP contribution in [0.4, 0.5) is 5.69 Å². The van der Waals surface area contributed by atoms with Gasteiger partial charge < -0.3 is 9.30 Å². The number of sulfonamides is 1. The number of nitrogens with one attached hydrogen (secondary N) is 1. The lowest BCUT2D eigenvalue weighted by Gasteiger charge is -2.18. The van der Waals surface area contributed by atoms with Gasteiger partial charge >= 0.3 is 0 Å². The Balaban J connectivity index is 1.54. The van der Waals surface area contributed by atoms with Crippen molar-refractivity contribution in [3.63, 3.8) is 0 Å². The molecule has 10 heteroatoms. The minimum atomic E-state index is -3.90. The summed E-state index contributed by atoms with van der Waals surface area (Å²) in [4.78, 5) is 29.4. The molecule has 1 aliphatic heterocycles. The van der Waals surface area contributed by atoms with Gasteiger partial charge in [0.2, 0.25) is 21.8 Å². The lowest BCUT2D eigenvalue weighted by molar-refractivity contribution is -0.121. The number of nitrogens with zero attached hydrogens (tertiary/aromatic N) is 3. The Bertz CT molecular complexity index is 1270. The topological polar surface area (TPSA) is 111 Å². The van der Waals surface area contributed by atoms with Gasteiger partial charge in [0.1, 0.15) is 11.6 Å². The number of benzene rings is 2. The minimum absolute atomic E-state index is 0.0635. The molecule has 3 aromatic rings. The van der Waals surface area contributed by atoms with E-state index in [0.717, 1.165) is 22.0 Å². The first kappa shape index (κ1) is 21.7. The number of methoxy groups -OCH3 is 1. The van der Waals surface area contributed by atoms with Crippen LogP contribution in [-0.4, -0.2) is 36.9 Å². The van der Waals surface area contributed by atoms with E-state index in [9.17, 15) is 18.0 Å². The van der Waals surface area contributed by atoms with E-state index in [2.05, 4.69) is 9.71 Å². The van der Waals surface area contributed by atoms with E-state index in [-0.39, 0.29) is 47.5 Å². The zero-order chi connectivity index (χ0) is 22.9. The fourth-order valence-corrected chi connectivity index (χ4v) is 4.58. The van der Waals surface area contributed by atoms with Crippen molar-refractivity contribution in [1.82, 2.24) is 14.3 Å². The predicted octanol–water partition coefficient (Wildman–Crippen LogP) is 2.32. The van der Waals surface area contributed by atoms with Crippen LogP contribution in [0.15, 0.2) is 59.8 Å². The minimum Gasteiger partial charge on any atom is -0.495 e. The molecule has 1 saturated heterocycles. The highest BCUT2D eigenvalue weighted by Crippen LogP contribution is 2.34. The molecule has 166 valence electrons. The zero-order valence-corrected chi connectivity index (χ0v) is 18.4. The van der Waals surface area contributed by atoms with Gasteiger partial charge in [0.15, 0.2) is 0 Å². The molecule has 1 aromatic heterocycles. The first-order valence-electron chi connectivity index (χ1n) is 9.93. The van der Waals surface area contributed by atoms with E-state index in [0.29, 0.717) is 0 Å². The Morgan fingerprint density at radius 2 is 1.75 bits per heavy atom. The first-order valence-corrected chi connectivity index (χ1v) is 11.4. The second-order valence-electron chi connectivity index (χ2n) is 7.29. The number of carbonyl (C=O) groups is 2. The number of hydrogen-bond acceptors (Lipinski definition) is 6. The Labute approximate surface area is 185 Å². The van der Waals surface area contributed by atoms with Crippen molar-refractivity contribution in [3.05, 3.63) is 66.2 Å². The van der Waals surface area contributed by atoms with Crippen LogP contribution in [0.1, 0.15) is 24.2 Å². The Morgan fingerprint density at radius 3 is 2.34 bits per heavy atom. The summed E-state index contributed by atoms with van der Waals surface area (Å²) >= 11 is 0. The van der Waals surface area contributed by atoms with Crippen LogP contribution >= 0.6 is 0 Å². The quantitative estimate of drug-likeness (QED) is 0.549. The molecule has 0 saturated carbocycles. The highest BCUT2D eigenvalue weighted by molar-refractivity contribution is 7.89. The number of rotatable bonds is 7. The van der Waals surface area contributed by atoms with Crippen LogP contribution < -0.4 is 14.4 Å². The van der Waals surface area contributed by atoms with E-state index in [1.807, 2.05) is 42.0 Å². The molecule has 32 heavy (non-hydrogen) atoms. The van der Waals surface area contributed by atoms with Crippen molar-refractivity contribution in [1.29, 1.82) is 0 Å². The maximum Gasteiger partial charge on any atom is 0.240 e. The summed E-state index contributed by atoms with van der Waals surface area (Å²) in [6.45, 7) is 1.98. The fraction of sp³-hybridized carbons (Fsp3) is 0.227. The molecule has 4 rings (SSSR count). The van der Waals surface area contributed by atoms with E-state index in [1.165, 1.54) is 25.3 Å². The summed E-state index contributed by atoms with van der Waals surface area (Å²) in [5.74, 6) is 0.328. The maximum atomic E-state index is 12.9. The number of amides is 2. The molecule has 0 spiro atoms. The van der Waals surface area contributed by atoms with Gasteiger partial charge in [-0.2, -0.15) is 0 Å². The van der Waals surface area contributed by atoms with E-state index < -0.39 is 10.0 Å². The monoisotopic (exact) mass is 454 g/mol. The summed E-state index contributed by atoms with van der Waals surface area (Å²) in [7, 11) is -2.51. The number of aryl methyl sites for hydroxylation is 1. The molecule has 1 aliphatic rings. The molecule has 0 unspecified atom stereocenters. The van der Waals surface area contributed by atoms with Gasteiger partial charge in [0, 0.05) is 37.5 Å². The number of imide groups is 1. The molecule has 1 fully saturated rings. The molecule has 2 heterocycles. The van der Waals surface area contributed by atoms with Crippen LogP contribution in [0.5, 0.6) is 5.75 Å². The lowest BCUT2D eigenvalue weighted by Crippen LogP contribution is -2.29. The van der Waals surface area contributed by atoms with Crippen molar-refractivity contribution < 1.29 is 22.7 Å². The standard InChI is InChI=1S/C22H22N4O5S/c1-15-23-11-12-25(15)17-5-3-16(4-6-17)14-24-32(29,30)18-7-8-20(31-2)19(13-18)26-21(27)9-10-22(26)28/h3-8,11-13,24H,9-10,14H2,1-2H3. The summed E-state index contributed by atoms with van der Waals surface area (Å²) in [6, 6.07) is 11.5. The van der Waals surface area contributed by atoms with Gasteiger partial charge in [-0.05, 0) is 42.8 Å². The Hall–Kier alpha value is -3.50. The average molecular weight is 455 g/mol. The molecule has 0 bridgehead atoms. The molecule has 0 atom stereocenters. The molecule has 9 nitrogen and oxygen atoms in total. The van der Waals surface area contributed by atoms with Crippen LogP contribution in [0.25, 0.3) is 5.69 Å². The normalized spacial score (nSPS) is 14.2. The number of carbonyl (C=O) groups excluding carboxylic acids is 2. The van der Waals surface area contributed by atoms with Gasteiger partial charge in [-0.25, -0.2) is 23.0 Å². The third-order valence-corrected chi connectivity index (χ3v) is 6.66. The second-order valence-corrected chi connectivity index (χ2v) is 9.06. The molecule has 1 N–H and O–H groups in total. The van der Waals surface area contributed by atoms with Gasteiger partial charge in [-0.1, -0.05) is 12.1 Å². The smallest absolute Gasteiger partial charge is 0.240 e. The van der Waals surface area contributed by atoms with Crippen molar-refractivity contribution in [3.8, 4) is 11.4 Å². The highest BCUT2D eigenvalue weighted by atomic mass is 32.2. The number of hydrogen-bond donors (Lipinski definition) is 1. The van der Waals surface area contributed by atoms with E-state index >= 15 is 0 Å². The first-order chi connectivity index (χ1) is 15.3. The van der Waals surface area contributed by atoms with Crippen molar-refractivity contribution in [2.45, 2.75) is 31.2 Å². The molecule has 0 aliphatic carbocycles. The SMILES string of the molecule is COc1ccc(S(=O)(=O)NCc2ccc(-n3ccnc3C)cc2)cc1N1C(=O)CCC1=O. The molecular formula is C22H22N4O5S. The van der Waals surface area contributed by atoms with Crippen LogP contribution in [0.3, 0.4) is 0 Å². The predicted molar refractivity (Wildman–Crippen MR) is 117 cm³/mol. The summed E-state index contributed by atoms with van der Waals surface area (Å²) in [5, 5.41) is 0. The third-order valence-electron chi connectivity index (χ3n) is 5.26. The number of aromatic nitrogens is 2. The molecule has 2 aromatic carbocycles. The number of imidazole rings is 1. The summed E-state index contributed by atoms with van der Waals surface area (Å²) in [5.41, 5.74) is 1.82. The zero-order valence-electron chi connectivity index (χ0n) is 17.6. The van der Waals surface area contributed by atoms with Crippen LogP contribution in [0, 0.1) is 6.92 Å². The van der Waals surface area contributed by atoms with E-state index in [4.69, 9.17) is 4.74 Å².